The van der Waals surface area contributed by atoms with E-state index in [0.29, 0.717) is 32.2 Å². The Morgan fingerprint density at radius 3 is 2.65 bits per heavy atom. The molecule has 0 saturated carbocycles. The van der Waals surface area contributed by atoms with Gasteiger partial charge in [-0.3, -0.25) is 0 Å². The Morgan fingerprint density at radius 1 is 1.30 bits per heavy atom. The number of hydrogen-bond acceptors (Lipinski definition) is 7. The maximum atomic E-state index is 5.58. The van der Waals surface area contributed by atoms with Crippen LogP contribution in [0.3, 0.4) is 0 Å². The molecule has 2 heterocycles. The van der Waals surface area contributed by atoms with Crippen LogP contribution in [-0.4, -0.2) is 42.4 Å². The van der Waals surface area contributed by atoms with Crippen LogP contribution in [-0.2, 0) is 14.9 Å². The highest BCUT2D eigenvalue weighted by atomic mass is 16.6. The quantitative estimate of drug-likeness (QED) is 0.557. The average molecular weight is 281 g/mol. The van der Waals surface area contributed by atoms with Crippen LogP contribution in [0, 0.1) is 0 Å². The first-order chi connectivity index (χ1) is 9.49. The molecule has 0 aliphatic carbocycles. The van der Waals surface area contributed by atoms with Crippen molar-refractivity contribution < 1.29 is 9.47 Å². The number of hydrazine groups is 1. The first kappa shape index (κ1) is 15.0. The van der Waals surface area contributed by atoms with Crippen molar-refractivity contribution in [2.24, 2.45) is 5.84 Å². The standard InChI is InChI=1S/C13H23N5O2/c1-13(2,3)12-16-10(6-11(17-12)18-14)15-7-9-8-19-4-5-20-9/h6,9H,4-5,7-8,14H2,1-3H3,(H2,15,16,17,18). The minimum Gasteiger partial charge on any atom is -0.376 e. The van der Waals surface area contributed by atoms with Crippen molar-refractivity contribution in [3.8, 4) is 0 Å². The van der Waals surface area contributed by atoms with E-state index in [-0.39, 0.29) is 11.5 Å². The summed E-state index contributed by atoms with van der Waals surface area (Å²) in [5, 5.41) is 3.25. The number of anilines is 2. The second-order valence-electron chi connectivity index (χ2n) is 5.80. The lowest BCUT2D eigenvalue weighted by molar-refractivity contribution is -0.0819. The van der Waals surface area contributed by atoms with E-state index in [2.05, 4.69) is 41.5 Å². The smallest absolute Gasteiger partial charge is 0.145 e. The normalized spacial score (nSPS) is 19.7. The van der Waals surface area contributed by atoms with Crippen LogP contribution in [0.1, 0.15) is 26.6 Å². The van der Waals surface area contributed by atoms with Gasteiger partial charge in [0.2, 0.25) is 0 Å². The first-order valence-corrected chi connectivity index (χ1v) is 6.78. The molecule has 1 unspecified atom stereocenters. The lowest BCUT2D eigenvalue weighted by Crippen LogP contribution is -2.34. The summed E-state index contributed by atoms with van der Waals surface area (Å²) in [4.78, 5) is 8.90. The van der Waals surface area contributed by atoms with E-state index in [4.69, 9.17) is 15.3 Å². The van der Waals surface area contributed by atoms with Crippen LogP contribution in [0.15, 0.2) is 6.07 Å². The summed E-state index contributed by atoms with van der Waals surface area (Å²) in [5.41, 5.74) is 2.43. The van der Waals surface area contributed by atoms with E-state index < -0.39 is 0 Å². The Bertz CT molecular complexity index is 441. The number of nitrogens with two attached hydrogens (primary N) is 1. The molecule has 0 amide bonds. The van der Waals surface area contributed by atoms with E-state index >= 15 is 0 Å². The zero-order chi connectivity index (χ0) is 14.6. The fourth-order valence-corrected chi connectivity index (χ4v) is 1.82. The molecule has 112 valence electrons. The van der Waals surface area contributed by atoms with Gasteiger partial charge >= 0.3 is 0 Å². The molecule has 1 atom stereocenters. The van der Waals surface area contributed by atoms with E-state index in [1.165, 1.54) is 0 Å². The molecule has 0 radical (unpaired) electrons. The zero-order valence-corrected chi connectivity index (χ0v) is 12.3. The molecule has 1 aliphatic heterocycles. The Kier molecular flexibility index (Phi) is 4.74. The molecule has 1 saturated heterocycles. The van der Waals surface area contributed by atoms with Crippen molar-refractivity contribution in [3.63, 3.8) is 0 Å². The molecule has 1 aromatic rings. The van der Waals surface area contributed by atoms with Gasteiger partial charge in [0.15, 0.2) is 0 Å². The predicted molar refractivity (Wildman–Crippen MR) is 77.6 cm³/mol. The molecule has 7 nitrogen and oxygen atoms in total. The SMILES string of the molecule is CC(C)(C)c1nc(NN)cc(NCC2COCCO2)n1. The van der Waals surface area contributed by atoms with E-state index in [9.17, 15) is 0 Å². The number of hydrogen-bond donors (Lipinski definition) is 3. The minimum absolute atomic E-state index is 0.0473. The van der Waals surface area contributed by atoms with Gasteiger partial charge in [0, 0.05) is 18.0 Å². The molecule has 0 spiro atoms. The summed E-state index contributed by atoms with van der Waals surface area (Å²) < 4.78 is 10.9. The fourth-order valence-electron chi connectivity index (χ4n) is 1.82. The minimum atomic E-state index is -0.145. The maximum Gasteiger partial charge on any atom is 0.145 e. The maximum absolute atomic E-state index is 5.58. The van der Waals surface area contributed by atoms with Crippen LogP contribution in [0.5, 0.6) is 0 Å². The molecule has 2 rings (SSSR count). The second kappa shape index (κ2) is 6.34. The van der Waals surface area contributed by atoms with Crippen molar-refractivity contribution in [2.75, 3.05) is 37.1 Å². The number of ether oxygens (including phenoxy) is 2. The largest absolute Gasteiger partial charge is 0.376 e. The topological polar surface area (TPSA) is 94.3 Å². The first-order valence-electron chi connectivity index (χ1n) is 6.78. The third-order valence-corrected chi connectivity index (χ3v) is 2.94. The van der Waals surface area contributed by atoms with Crippen molar-refractivity contribution in [2.45, 2.75) is 32.3 Å². The highest BCUT2D eigenvalue weighted by Crippen LogP contribution is 2.22. The molecule has 1 aliphatic rings. The monoisotopic (exact) mass is 281 g/mol. The van der Waals surface area contributed by atoms with Crippen molar-refractivity contribution in [1.82, 2.24) is 9.97 Å². The van der Waals surface area contributed by atoms with Gasteiger partial charge in [-0.15, -0.1) is 0 Å². The summed E-state index contributed by atoms with van der Waals surface area (Å²) in [6, 6.07) is 1.78. The number of nitrogens with zero attached hydrogens (tertiary/aromatic N) is 2. The van der Waals surface area contributed by atoms with Crippen LogP contribution < -0.4 is 16.6 Å². The molecule has 4 N–H and O–H groups in total. The molecule has 20 heavy (non-hydrogen) atoms. The van der Waals surface area contributed by atoms with E-state index in [1.807, 2.05) is 0 Å². The second-order valence-corrected chi connectivity index (χ2v) is 5.80. The van der Waals surface area contributed by atoms with Crippen molar-refractivity contribution in [1.29, 1.82) is 0 Å². The molecule has 7 heteroatoms. The van der Waals surface area contributed by atoms with Gasteiger partial charge in [-0.25, -0.2) is 15.8 Å². The van der Waals surface area contributed by atoms with Crippen LogP contribution in [0.25, 0.3) is 0 Å². The van der Waals surface area contributed by atoms with E-state index in [0.717, 1.165) is 11.6 Å². The van der Waals surface area contributed by atoms with Gasteiger partial charge in [-0.1, -0.05) is 20.8 Å². The third-order valence-electron chi connectivity index (χ3n) is 2.94. The Hall–Kier alpha value is -1.44. The van der Waals surface area contributed by atoms with Crippen LogP contribution in [0.4, 0.5) is 11.6 Å². The van der Waals surface area contributed by atoms with Gasteiger partial charge < -0.3 is 20.2 Å². The van der Waals surface area contributed by atoms with Crippen molar-refractivity contribution >= 4 is 11.6 Å². The summed E-state index contributed by atoms with van der Waals surface area (Å²) in [6.07, 6.45) is 0.0473. The predicted octanol–water partition coefficient (Wildman–Crippen LogP) is 0.887. The van der Waals surface area contributed by atoms with Crippen LogP contribution >= 0.6 is 0 Å². The van der Waals surface area contributed by atoms with Crippen LogP contribution in [0.2, 0.25) is 0 Å². The number of nitrogen functional groups attached to an aromatic ring is 1. The molecule has 1 aromatic heterocycles. The summed E-state index contributed by atoms with van der Waals surface area (Å²) in [5.74, 6) is 7.51. The third kappa shape index (κ3) is 4.03. The Labute approximate surface area is 119 Å². The van der Waals surface area contributed by atoms with Gasteiger partial charge in [0.05, 0.1) is 25.9 Å². The molecular weight excluding hydrogens is 258 g/mol. The van der Waals surface area contributed by atoms with Gasteiger partial charge in [0.25, 0.3) is 0 Å². The Morgan fingerprint density at radius 2 is 2.05 bits per heavy atom. The molecule has 0 aromatic carbocycles. The lowest BCUT2D eigenvalue weighted by atomic mass is 9.96. The molecule has 1 fully saturated rings. The highest BCUT2D eigenvalue weighted by molar-refractivity contribution is 5.47. The zero-order valence-electron chi connectivity index (χ0n) is 12.3. The van der Waals surface area contributed by atoms with Gasteiger partial charge in [0.1, 0.15) is 17.5 Å². The van der Waals surface area contributed by atoms with Gasteiger partial charge in [-0.05, 0) is 0 Å². The number of rotatable bonds is 4. The van der Waals surface area contributed by atoms with Gasteiger partial charge in [-0.2, -0.15) is 0 Å². The Balaban J connectivity index is 2.06. The lowest BCUT2D eigenvalue weighted by Gasteiger charge is -2.24. The van der Waals surface area contributed by atoms with Crippen molar-refractivity contribution in [3.05, 3.63) is 11.9 Å². The number of nitrogens with one attached hydrogen (secondary N) is 2. The molecule has 0 bridgehead atoms. The summed E-state index contributed by atoms with van der Waals surface area (Å²) in [7, 11) is 0. The summed E-state index contributed by atoms with van der Waals surface area (Å²) in [6.45, 7) is 8.73. The number of aromatic nitrogens is 2. The summed E-state index contributed by atoms with van der Waals surface area (Å²) >= 11 is 0. The average Bonchev–Trinajstić information content (AvgIpc) is 2.45. The molecular formula is C13H23N5O2. The highest BCUT2D eigenvalue weighted by Gasteiger charge is 2.20. The van der Waals surface area contributed by atoms with E-state index in [1.54, 1.807) is 6.07 Å². The fraction of sp³-hybridized carbons (Fsp3) is 0.692.